The fourth-order valence-corrected chi connectivity index (χ4v) is 2.31. The quantitative estimate of drug-likeness (QED) is 0.701. The lowest BCUT2D eigenvalue weighted by molar-refractivity contribution is -0.145. The summed E-state index contributed by atoms with van der Waals surface area (Å²) in [4.78, 5) is 11.0. The summed E-state index contributed by atoms with van der Waals surface area (Å²) in [5.41, 5.74) is 1.17. The minimum Gasteiger partial charge on any atom is -0.481 e. The van der Waals surface area contributed by atoms with E-state index in [2.05, 4.69) is 6.58 Å². The molecule has 2 atom stereocenters. The molecule has 1 rings (SSSR count). The van der Waals surface area contributed by atoms with Crippen molar-refractivity contribution in [2.75, 3.05) is 0 Å². The third kappa shape index (κ3) is 3.17. The monoisotopic (exact) mass is 196 g/mol. The van der Waals surface area contributed by atoms with Crippen molar-refractivity contribution in [1.82, 2.24) is 0 Å². The van der Waals surface area contributed by atoms with E-state index in [1.165, 1.54) is 12.0 Å². The molecule has 0 radical (unpaired) electrons. The van der Waals surface area contributed by atoms with Crippen molar-refractivity contribution in [3.63, 3.8) is 0 Å². The number of carboxylic acid groups (broad SMARTS) is 1. The van der Waals surface area contributed by atoms with Crippen LogP contribution in [0.5, 0.6) is 0 Å². The highest BCUT2D eigenvalue weighted by Gasteiger charge is 2.29. The van der Waals surface area contributed by atoms with Gasteiger partial charge in [-0.05, 0) is 38.5 Å². The number of allylic oxidation sites excluding steroid dienone is 1. The van der Waals surface area contributed by atoms with E-state index in [4.69, 9.17) is 5.11 Å². The molecule has 2 unspecified atom stereocenters. The van der Waals surface area contributed by atoms with Crippen molar-refractivity contribution in [2.45, 2.75) is 45.4 Å². The molecule has 1 aliphatic rings. The highest BCUT2D eigenvalue weighted by atomic mass is 16.4. The molecule has 0 bridgehead atoms. The predicted octanol–water partition coefficient (Wildman–Crippen LogP) is 3.23. The standard InChI is InChI=1S/C12H20O2/c1-9(2)7-8-10-5-3-4-6-11(10)12(13)14/h10-11H,1,3-8H2,2H3,(H,13,14). The van der Waals surface area contributed by atoms with E-state index in [9.17, 15) is 4.79 Å². The van der Waals surface area contributed by atoms with Gasteiger partial charge in [0.25, 0.3) is 0 Å². The smallest absolute Gasteiger partial charge is 0.306 e. The topological polar surface area (TPSA) is 37.3 Å². The summed E-state index contributed by atoms with van der Waals surface area (Å²) in [7, 11) is 0. The number of carbonyl (C=O) groups is 1. The highest BCUT2D eigenvalue weighted by Crippen LogP contribution is 2.33. The minimum absolute atomic E-state index is 0.0944. The Morgan fingerprint density at radius 3 is 2.64 bits per heavy atom. The van der Waals surface area contributed by atoms with Gasteiger partial charge in [-0.1, -0.05) is 18.4 Å². The molecule has 0 aliphatic heterocycles. The number of hydrogen-bond donors (Lipinski definition) is 1. The number of aliphatic carboxylic acids is 1. The first-order valence-electron chi connectivity index (χ1n) is 5.48. The average Bonchev–Trinajstić information content (AvgIpc) is 2.15. The summed E-state index contributed by atoms with van der Waals surface area (Å²) < 4.78 is 0. The van der Waals surface area contributed by atoms with Gasteiger partial charge in [-0.15, -0.1) is 6.58 Å². The number of hydrogen-bond acceptors (Lipinski definition) is 1. The van der Waals surface area contributed by atoms with E-state index in [0.717, 1.165) is 32.1 Å². The van der Waals surface area contributed by atoms with Crippen molar-refractivity contribution in [3.8, 4) is 0 Å². The molecular formula is C12H20O2. The molecule has 0 amide bonds. The zero-order valence-electron chi connectivity index (χ0n) is 8.96. The first-order valence-corrected chi connectivity index (χ1v) is 5.48. The lowest BCUT2D eigenvalue weighted by Crippen LogP contribution is -2.26. The molecule has 1 N–H and O–H groups in total. The zero-order valence-corrected chi connectivity index (χ0v) is 8.96. The van der Waals surface area contributed by atoms with Crippen LogP contribution in [0.3, 0.4) is 0 Å². The predicted molar refractivity (Wildman–Crippen MR) is 57.1 cm³/mol. The first-order chi connectivity index (χ1) is 6.61. The Bertz CT molecular complexity index is 220. The molecule has 1 fully saturated rings. The molecule has 0 saturated heterocycles. The SMILES string of the molecule is C=C(C)CCC1CCCCC1C(=O)O. The minimum atomic E-state index is -0.601. The van der Waals surface area contributed by atoms with E-state index in [-0.39, 0.29) is 5.92 Å². The molecule has 0 aromatic carbocycles. The maximum atomic E-state index is 11.0. The van der Waals surface area contributed by atoms with Crippen LogP contribution < -0.4 is 0 Å². The third-order valence-electron chi connectivity index (χ3n) is 3.17. The van der Waals surface area contributed by atoms with Gasteiger partial charge in [0.05, 0.1) is 5.92 Å². The molecule has 2 nitrogen and oxygen atoms in total. The Hall–Kier alpha value is -0.790. The Morgan fingerprint density at radius 2 is 2.07 bits per heavy atom. The summed E-state index contributed by atoms with van der Waals surface area (Å²) in [5.74, 6) is -0.308. The maximum absolute atomic E-state index is 11.0. The summed E-state index contributed by atoms with van der Waals surface area (Å²) in [6.45, 7) is 5.87. The van der Waals surface area contributed by atoms with Gasteiger partial charge in [0.1, 0.15) is 0 Å². The van der Waals surface area contributed by atoms with Crippen LogP contribution in [0.25, 0.3) is 0 Å². The Morgan fingerprint density at radius 1 is 1.43 bits per heavy atom. The van der Waals surface area contributed by atoms with E-state index in [1.54, 1.807) is 0 Å². The van der Waals surface area contributed by atoms with Gasteiger partial charge in [-0.25, -0.2) is 0 Å². The normalized spacial score (nSPS) is 27.2. The fourth-order valence-electron chi connectivity index (χ4n) is 2.31. The van der Waals surface area contributed by atoms with Gasteiger partial charge >= 0.3 is 5.97 Å². The second kappa shape index (κ2) is 5.18. The van der Waals surface area contributed by atoms with Gasteiger partial charge in [0.15, 0.2) is 0 Å². The molecule has 1 aliphatic carbocycles. The van der Waals surface area contributed by atoms with Crippen LogP contribution in [0.15, 0.2) is 12.2 Å². The van der Waals surface area contributed by atoms with E-state index in [0.29, 0.717) is 5.92 Å². The summed E-state index contributed by atoms with van der Waals surface area (Å²) in [6.07, 6.45) is 6.23. The van der Waals surface area contributed by atoms with Gasteiger partial charge in [-0.2, -0.15) is 0 Å². The molecule has 0 aromatic rings. The molecule has 0 aromatic heterocycles. The molecule has 2 heteroatoms. The molecule has 80 valence electrons. The van der Waals surface area contributed by atoms with Crippen LogP contribution >= 0.6 is 0 Å². The summed E-state index contributed by atoms with van der Waals surface area (Å²) in [5, 5.41) is 9.05. The van der Waals surface area contributed by atoms with Crippen LogP contribution in [0, 0.1) is 11.8 Å². The molecule has 0 heterocycles. The lowest BCUT2D eigenvalue weighted by Gasteiger charge is -2.28. The van der Waals surface area contributed by atoms with Gasteiger partial charge in [0.2, 0.25) is 0 Å². The van der Waals surface area contributed by atoms with E-state index >= 15 is 0 Å². The lowest BCUT2D eigenvalue weighted by atomic mass is 9.76. The average molecular weight is 196 g/mol. The highest BCUT2D eigenvalue weighted by molar-refractivity contribution is 5.70. The van der Waals surface area contributed by atoms with Gasteiger partial charge in [0, 0.05) is 0 Å². The van der Waals surface area contributed by atoms with Gasteiger partial charge in [-0.3, -0.25) is 4.79 Å². The molecular weight excluding hydrogens is 176 g/mol. The Labute approximate surface area is 86.0 Å². The van der Waals surface area contributed by atoms with Crippen LogP contribution in [0.1, 0.15) is 45.4 Å². The van der Waals surface area contributed by atoms with E-state index < -0.39 is 5.97 Å². The van der Waals surface area contributed by atoms with Crippen molar-refractivity contribution >= 4 is 5.97 Å². The second-order valence-electron chi connectivity index (χ2n) is 4.49. The van der Waals surface area contributed by atoms with Crippen molar-refractivity contribution in [2.24, 2.45) is 11.8 Å². The van der Waals surface area contributed by atoms with Crippen LogP contribution in [0.2, 0.25) is 0 Å². The summed E-state index contributed by atoms with van der Waals surface area (Å²) in [6, 6.07) is 0. The van der Waals surface area contributed by atoms with Crippen LogP contribution in [0.4, 0.5) is 0 Å². The fraction of sp³-hybridized carbons (Fsp3) is 0.750. The third-order valence-corrected chi connectivity index (χ3v) is 3.17. The molecule has 1 saturated carbocycles. The number of rotatable bonds is 4. The Balaban J connectivity index is 2.45. The maximum Gasteiger partial charge on any atom is 0.306 e. The van der Waals surface area contributed by atoms with Crippen molar-refractivity contribution < 1.29 is 9.90 Å². The number of carboxylic acids is 1. The Kier molecular flexibility index (Phi) is 4.18. The summed E-state index contributed by atoms with van der Waals surface area (Å²) >= 11 is 0. The van der Waals surface area contributed by atoms with Gasteiger partial charge < -0.3 is 5.11 Å². The largest absolute Gasteiger partial charge is 0.481 e. The van der Waals surface area contributed by atoms with Crippen LogP contribution in [-0.2, 0) is 4.79 Å². The first kappa shape index (κ1) is 11.3. The van der Waals surface area contributed by atoms with E-state index in [1.807, 2.05) is 6.92 Å². The molecule has 14 heavy (non-hydrogen) atoms. The second-order valence-corrected chi connectivity index (χ2v) is 4.49. The van der Waals surface area contributed by atoms with Crippen LogP contribution in [-0.4, -0.2) is 11.1 Å². The van der Waals surface area contributed by atoms with Crippen molar-refractivity contribution in [1.29, 1.82) is 0 Å². The van der Waals surface area contributed by atoms with Crippen molar-refractivity contribution in [3.05, 3.63) is 12.2 Å². The zero-order chi connectivity index (χ0) is 10.6. The molecule has 0 spiro atoms.